The molecule has 1 aromatic heterocycles. The fourth-order valence-corrected chi connectivity index (χ4v) is 2.66. The maximum Gasteiger partial charge on any atom is 0.359 e. The summed E-state index contributed by atoms with van der Waals surface area (Å²) in [7, 11) is 0. The van der Waals surface area contributed by atoms with Crippen LogP contribution in [-0.4, -0.2) is 32.7 Å². The van der Waals surface area contributed by atoms with E-state index in [4.69, 9.17) is 9.84 Å². The Morgan fingerprint density at radius 2 is 2.30 bits per heavy atom. The van der Waals surface area contributed by atoms with Gasteiger partial charge in [0.05, 0.1) is 0 Å². The molecule has 2 N–H and O–H groups in total. The van der Waals surface area contributed by atoms with Gasteiger partial charge >= 0.3 is 5.97 Å². The molecule has 1 aliphatic carbocycles. The summed E-state index contributed by atoms with van der Waals surface area (Å²) in [4.78, 5) is 12.1. The zero-order chi connectivity index (χ0) is 16.2. The van der Waals surface area contributed by atoms with Gasteiger partial charge in [0.1, 0.15) is 5.75 Å². The summed E-state index contributed by atoms with van der Waals surface area (Å²) in [6.45, 7) is 0. The van der Waals surface area contributed by atoms with E-state index in [0.717, 1.165) is 10.5 Å². The number of hydrogen-bond acceptors (Lipinski definition) is 5. The van der Waals surface area contributed by atoms with E-state index in [1.807, 2.05) is 12.3 Å². The normalized spacial score (nSPS) is 13.8. The van der Waals surface area contributed by atoms with Crippen molar-refractivity contribution in [1.82, 2.24) is 15.4 Å². The van der Waals surface area contributed by atoms with Crippen LogP contribution >= 0.6 is 11.8 Å². The highest BCUT2D eigenvalue weighted by Gasteiger charge is 2.17. The Morgan fingerprint density at radius 1 is 1.48 bits per heavy atom. The van der Waals surface area contributed by atoms with Gasteiger partial charge in [-0.1, -0.05) is 28.6 Å². The molecule has 1 saturated carbocycles. The van der Waals surface area contributed by atoms with Gasteiger partial charge in [-0.05, 0) is 37.3 Å². The van der Waals surface area contributed by atoms with Gasteiger partial charge in [-0.2, -0.15) is 0 Å². The highest BCUT2D eigenvalue weighted by atomic mass is 32.2. The van der Waals surface area contributed by atoms with Gasteiger partial charge in [-0.25, -0.2) is 9.89 Å². The first-order valence-electron chi connectivity index (χ1n) is 7.19. The van der Waals surface area contributed by atoms with E-state index in [-0.39, 0.29) is 11.6 Å². The van der Waals surface area contributed by atoms with Gasteiger partial charge in [-0.3, -0.25) is 0 Å². The van der Waals surface area contributed by atoms with Crippen LogP contribution in [-0.2, 0) is 0 Å². The van der Waals surface area contributed by atoms with Gasteiger partial charge in [0.15, 0.2) is 0 Å². The van der Waals surface area contributed by atoms with E-state index in [1.54, 1.807) is 23.9 Å². The van der Waals surface area contributed by atoms with E-state index in [1.165, 1.54) is 19.3 Å². The van der Waals surface area contributed by atoms with Crippen molar-refractivity contribution < 1.29 is 14.6 Å². The summed E-state index contributed by atoms with van der Waals surface area (Å²) in [6.07, 6.45) is 5.57. The number of thioether (sulfide) groups is 1. The number of ether oxygens (including phenoxy) is 1. The van der Waals surface area contributed by atoms with Gasteiger partial charge < -0.3 is 9.84 Å². The van der Waals surface area contributed by atoms with Crippen LogP contribution in [0.2, 0.25) is 0 Å². The van der Waals surface area contributed by atoms with E-state index in [0.29, 0.717) is 11.7 Å². The average molecular weight is 329 g/mol. The molecule has 0 radical (unpaired) electrons. The topological polar surface area (TPSA) is 88.1 Å². The lowest BCUT2D eigenvalue weighted by atomic mass is 9.86. The standard InChI is InChI=1S/C16H15N3O3S/c1-23-13-8-7-12(9-11(13)6-5-10-3-2-4-10)22-15-14(16(20)21)17-19-18-15/h7-10H,2-4H2,1H3,(H,20,21)(H,17,18,19). The third-order valence-electron chi connectivity index (χ3n) is 3.63. The minimum absolute atomic E-state index is 0.0627. The number of aromatic amines is 1. The van der Waals surface area contributed by atoms with Crippen LogP contribution in [0.5, 0.6) is 11.6 Å². The molecule has 1 aromatic carbocycles. The number of aromatic nitrogens is 3. The van der Waals surface area contributed by atoms with Gasteiger partial charge in [0.2, 0.25) is 5.69 Å². The summed E-state index contributed by atoms with van der Waals surface area (Å²) in [5, 5.41) is 18.4. The average Bonchev–Trinajstić information content (AvgIpc) is 2.94. The molecule has 1 aliphatic rings. The number of rotatable bonds is 4. The third-order valence-corrected chi connectivity index (χ3v) is 4.43. The highest BCUT2D eigenvalue weighted by Crippen LogP contribution is 2.29. The van der Waals surface area contributed by atoms with Crippen LogP contribution in [0.1, 0.15) is 35.3 Å². The lowest BCUT2D eigenvalue weighted by molar-refractivity contribution is 0.0687. The lowest BCUT2D eigenvalue weighted by Crippen LogP contribution is -2.07. The van der Waals surface area contributed by atoms with Gasteiger partial charge in [0.25, 0.3) is 5.88 Å². The van der Waals surface area contributed by atoms with Crippen LogP contribution in [0.3, 0.4) is 0 Å². The fraction of sp³-hybridized carbons (Fsp3) is 0.312. The fourth-order valence-electron chi connectivity index (χ4n) is 2.12. The Labute approximate surface area is 137 Å². The predicted molar refractivity (Wildman–Crippen MR) is 85.9 cm³/mol. The van der Waals surface area contributed by atoms with Gasteiger partial charge in [0, 0.05) is 16.4 Å². The largest absolute Gasteiger partial charge is 0.476 e. The minimum Gasteiger partial charge on any atom is -0.476 e. The first kappa shape index (κ1) is 15.4. The second kappa shape index (κ2) is 6.75. The zero-order valence-corrected chi connectivity index (χ0v) is 13.3. The molecule has 2 aromatic rings. The number of nitrogens with one attached hydrogen (secondary N) is 1. The molecule has 6 nitrogen and oxygen atoms in total. The van der Waals surface area contributed by atoms with Crippen LogP contribution < -0.4 is 4.74 Å². The second-order valence-corrected chi connectivity index (χ2v) is 6.01. The van der Waals surface area contributed by atoms with Crippen molar-refractivity contribution in [2.24, 2.45) is 5.92 Å². The molecule has 7 heteroatoms. The van der Waals surface area contributed by atoms with Gasteiger partial charge in [-0.15, -0.1) is 11.8 Å². The Bertz CT molecular complexity index is 787. The van der Waals surface area contributed by atoms with Crippen LogP contribution in [0.15, 0.2) is 23.1 Å². The molecule has 118 valence electrons. The molecular weight excluding hydrogens is 314 g/mol. The van der Waals surface area contributed by atoms with Crippen LogP contribution in [0.25, 0.3) is 0 Å². The van der Waals surface area contributed by atoms with Crippen molar-refractivity contribution in [2.45, 2.75) is 24.2 Å². The summed E-state index contributed by atoms with van der Waals surface area (Å²) in [5.41, 5.74) is 0.698. The first-order chi connectivity index (χ1) is 11.2. The van der Waals surface area contributed by atoms with E-state index in [9.17, 15) is 4.79 Å². The number of carboxylic acids is 1. The second-order valence-electron chi connectivity index (χ2n) is 5.16. The number of H-pyrrole nitrogens is 1. The molecule has 0 saturated heterocycles. The van der Waals surface area contributed by atoms with E-state index in [2.05, 4.69) is 27.3 Å². The molecule has 0 amide bonds. The van der Waals surface area contributed by atoms with E-state index < -0.39 is 5.97 Å². The zero-order valence-electron chi connectivity index (χ0n) is 12.5. The Hall–Kier alpha value is -2.46. The van der Waals surface area contributed by atoms with Crippen molar-refractivity contribution >= 4 is 17.7 Å². The van der Waals surface area contributed by atoms with Crippen molar-refractivity contribution in [3.8, 4) is 23.5 Å². The molecule has 1 heterocycles. The summed E-state index contributed by atoms with van der Waals surface area (Å²) in [6, 6.07) is 5.48. The number of carbonyl (C=O) groups is 1. The number of nitrogens with zero attached hydrogens (tertiary/aromatic N) is 2. The SMILES string of the molecule is CSc1ccc(Oc2nn[nH]c2C(=O)O)cc1C#CC1CCC1. The molecule has 0 bridgehead atoms. The molecule has 23 heavy (non-hydrogen) atoms. The monoisotopic (exact) mass is 329 g/mol. The van der Waals surface area contributed by atoms with Crippen molar-refractivity contribution in [3.05, 3.63) is 29.5 Å². The number of benzene rings is 1. The summed E-state index contributed by atoms with van der Waals surface area (Å²) >= 11 is 1.61. The minimum atomic E-state index is -1.17. The van der Waals surface area contributed by atoms with Crippen molar-refractivity contribution in [2.75, 3.05) is 6.26 Å². The summed E-state index contributed by atoms with van der Waals surface area (Å²) in [5.74, 6) is 6.23. The van der Waals surface area contributed by atoms with Crippen LogP contribution in [0.4, 0.5) is 0 Å². The molecule has 3 rings (SSSR count). The summed E-state index contributed by atoms with van der Waals surface area (Å²) < 4.78 is 5.54. The van der Waals surface area contributed by atoms with Crippen molar-refractivity contribution in [3.63, 3.8) is 0 Å². The highest BCUT2D eigenvalue weighted by molar-refractivity contribution is 7.98. The Balaban J connectivity index is 1.86. The molecule has 0 unspecified atom stereocenters. The number of hydrogen-bond donors (Lipinski definition) is 2. The molecular formula is C16H15N3O3S. The number of aromatic carboxylic acids is 1. The smallest absolute Gasteiger partial charge is 0.359 e. The maximum absolute atomic E-state index is 11.0. The number of carboxylic acid groups (broad SMARTS) is 1. The van der Waals surface area contributed by atoms with E-state index >= 15 is 0 Å². The third kappa shape index (κ3) is 3.48. The lowest BCUT2D eigenvalue weighted by Gasteiger charge is -2.18. The Kier molecular flexibility index (Phi) is 4.53. The quantitative estimate of drug-likeness (QED) is 0.662. The molecule has 0 atom stereocenters. The Morgan fingerprint density at radius 3 is 2.96 bits per heavy atom. The maximum atomic E-state index is 11.0. The first-order valence-corrected chi connectivity index (χ1v) is 8.41. The van der Waals surface area contributed by atoms with Crippen LogP contribution in [0, 0.1) is 17.8 Å². The van der Waals surface area contributed by atoms with Crippen molar-refractivity contribution in [1.29, 1.82) is 0 Å². The predicted octanol–water partition coefficient (Wildman–Crippen LogP) is 3.17. The molecule has 0 spiro atoms. The molecule has 0 aliphatic heterocycles. The molecule has 1 fully saturated rings.